The molecule has 0 radical (unpaired) electrons. The molecule has 2 N–H and O–H groups in total. The lowest BCUT2D eigenvalue weighted by Gasteiger charge is -2.30. The first-order chi connectivity index (χ1) is 16.5. The SMILES string of the molecule is CC(C)C(=O)c1ccc2c(c1)CCN(CCC1CCC(NC(=O)C=Cc3cnc[nH]3)CC1)CC2. The van der Waals surface area contributed by atoms with E-state index in [0.717, 1.165) is 62.5 Å². The minimum absolute atomic E-state index is 0.0274. The Morgan fingerprint density at radius 3 is 2.62 bits per heavy atom. The van der Waals surface area contributed by atoms with Crippen LogP contribution in [0, 0.1) is 11.8 Å². The number of rotatable bonds is 8. The number of carbonyl (C=O) groups excluding carboxylic acids is 2. The number of nitrogens with zero attached hydrogens (tertiary/aromatic N) is 2. The molecule has 1 saturated carbocycles. The van der Waals surface area contributed by atoms with Crippen molar-refractivity contribution in [3.05, 3.63) is 59.2 Å². The van der Waals surface area contributed by atoms with Gasteiger partial charge < -0.3 is 15.2 Å². The van der Waals surface area contributed by atoms with E-state index in [1.807, 2.05) is 19.9 Å². The minimum atomic E-state index is -0.0274. The second-order valence-corrected chi connectivity index (χ2v) is 10.2. The van der Waals surface area contributed by atoms with Gasteiger partial charge in [-0.2, -0.15) is 0 Å². The van der Waals surface area contributed by atoms with Crippen molar-refractivity contribution in [2.24, 2.45) is 11.8 Å². The number of benzene rings is 1. The fourth-order valence-corrected chi connectivity index (χ4v) is 5.21. The van der Waals surface area contributed by atoms with E-state index in [1.54, 1.807) is 24.7 Å². The Morgan fingerprint density at radius 1 is 1.15 bits per heavy atom. The van der Waals surface area contributed by atoms with Crippen LogP contribution in [0.3, 0.4) is 0 Å². The van der Waals surface area contributed by atoms with Crippen molar-refractivity contribution in [2.75, 3.05) is 19.6 Å². The lowest BCUT2D eigenvalue weighted by molar-refractivity contribution is -0.117. The van der Waals surface area contributed by atoms with Gasteiger partial charge in [0.15, 0.2) is 5.78 Å². The highest BCUT2D eigenvalue weighted by Gasteiger charge is 2.23. The predicted molar refractivity (Wildman–Crippen MR) is 136 cm³/mol. The summed E-state index contributed by atoms with van der Waals surface area (Å²) in [5.74, 6) is 1.00. The van der Waals surface area contributed by atoms with Crippen molar-refractivity contribution in [2.45, 2.75) is 64.8 Å². The second kappa shape index (κ2) is 11.6. The molecule has 0 spiro atoms. The molecule has 2 aromatic rings. The van der Waals surface area contributed by atoms with Gasteiger partial charge in [-0.05, 0) is 80.7 Å². The summed E-state index contributed by atoms with van der Waals surface area (Å²) < 4.78 is 0. The molecule has 6 heteroatoms. The second-order valence-electron chi connectivity index (χ2n) is 10.2. The van der Waals surface area contributed by atoms with Gasteiger partial charge in [0.1, 0.15) is 0 Å². The first kappa shape index (κ1) is 24.4. The molecule has 0 atom stereocenters. The molecule has 1 aliphatic heterocycles. The summed E-state index contributed by atoms with van der Waals surface area (Å²) in [6.07, 6.45) is 14.5. The highest BCUT2D eigenvalue weighted by Crippen LogP contribution is 2.28. The van der Waals surface area contributed by atoms with Gasteiger partial charge in [-0.25, -0.2) is 4.98 Å². The molecule has 1 fully saturated rings. The lowest BCUT2D eigenvalue weighted by Crippen LogP contribution is -2.37. The van der Waals surface area contributed by atoms with Gasteiger partial charge in [-0.1, -0.05) is 26.0 Å². The summed E-state index contributed by atoms with van der Waals surface area (Å²) in [7, 11) is 0. The van der Waals surface area contributed by atoms with E-state index in [-0.39, 0.29) is 23.7 Å². The van der Waals surface area contributed by atoms with Crippen molar-refractivity contribution >= 4 is 17.8 Å². The van der Waals surface area contributed by atoms with E-state index < -0.39 is 0 Å². The Balaban J connectivity index is 1.18. The van der Waals surface area contributed by atoms with E-state index in [1.165, 1.54) is 30.4 Å². The molecule has 6 nitrogen and oxygen atoms in total. The third-order valence-corrected chi connectivity index (χ3v) is 7.39. The highest BCUT2D eigenvalue weighted by molar-refractivity contribution is 5.97. The number of aromatic amines is 1. The number of carbonyl (C=O) groups is 2. The van der Waals surface area contributed by atoms with Crippen molar-refractivity contribution in [1.29, 1.82) is 0 Å². The first-order valence-electron chi connectivity index (χ1n) is 12.8. The summed E-state index contributed by atoms with van der Waals surface area (Å²) in [4.78, 5) is 34.1. The quantitative estimate of drug-likeness (QED) is 0.449. The van der Waals surface area contributed by atoms with Crippen molar-refractivity contribution < 1.29 is 9.59 Å². The molecule has 0 unspecified atom stereocenters. The standard InChI is InChI=1S/C28H38N4O2/c1-20(2)28(34)24-6-5-22-12-15-32(16-13-23(22)17-24)14-11-21-3-7-25(8-4-21)31-27(33)10-9-26-18-29-19-30-26/h5-6,9-10,17-21,25H,3-4,7-8,11-16H2,1-2H3,(H,29,30)(H,31,33). The number of fused-ring (bicyclic) bond motifs is 1. The summed E-state index contributed by atoms with van der Waals surface area (Å²) in [6, 6.07) is 6.61. The van der Waals surface area contributed by atoms with E-state index >= 15 is 0 Å². The van der Waals surface area contributed by atoms with Crippen molar-refractivity contribution in [3.8, 4) is 0 Å². The summed E-state index contributed by atoms with van der Waals surface area (Å²) >= 11 is 0. The van der Waals surface area contributed by atoms with Gasteiger partial charge in [0, 0.05) is 36.7 Å². The van der Waals surface area contributed by atoms with Crippen LogP contribution in [0.2, 0.25) is 0 Å². The van der Waals surface area contributed by atoms with E-state index in [2.05, 4.69) is 32.3 Å². The van der Waals surface area contributed by atoms with E-state index in [9.17, 15) is 9.59 Å². The van der Waals surface area contributed by atoms with Crippen LogP contribution in [-0.2, 0) is 17.6 Å². The molecule has 2 aliphatic rings. The van der Waals surface area contributed by atoms with Crippen molar-refractivity contribution in [3.63, 3.8) is 0 Å². The number of ketones is 1. The summed E-state index contributed by atoms with van der Waals surface area (Å²) in [5, 5.41) is 3.15. The number of imidazole rings is 1. The molecule has 1 aliphatic carbocycles. The molecule has 0 bridgehead atoms. The zero-order valence-electron chi connectivity index (χ0n) is 20.6. The van der Waals surface area contributed by atoms with Gasteiger partial charge in [0.25, 0.3) is 0 Å². The molecule has 182 valence electrons. The maximum absolute atomic E-state index is 12.4. The molecule has 2 heterocycles. The van der Waals surface area contributed by atoms with E-state index in [0.29, 0.717) is 0 Å². The fourth-order valence-electron chi connectivity index (χ4n) is 5.21. The predicted octanol–water partition coefficient (Wildman–Crippen LogP) is 4.43. The smallest absolute Gasteiger partial charge is 0.244 e. The monoisotopic (exact) mass is 462 g/mol. The number of hydrogen-bond acceptors (Lipinski definition) is 4. The van der Waals surface area contributed by atoms with Gasteiger partial charge in [-0.3, -0.25) is 9.59 Å². The largest absolute Gasteiger partial charge is 0.350 e. The molecular weight excluding hydrogens is 424 g/mol. The van der Waals surface area contributed by atoms with Crippen LogP contribution in [0.25, 0.3) is 6.08 Å². The normalized spacial score (nSPS) is 21.4. The van der Waals surface area contributed by atoms with E-state index in [4.69, 9.17) is 0 Å². The average Bonchev–Trinajstić information content (AvgIpc) is 3.28. The number of nitrogens with one attached hydrogen (secondary N) is 2. The number of amides is 1. The number of H-pyrrole nitrogens is 1. The van der Waals surface area contributed by atoms with Gasteiger partial charge in [-0.15, -0.1) is 0 Å². The molecule has 4 rings (SSSR count). The maximum atomic E-state index is 12.4. The fraction of sp³-hybridized carbons (Fsp3) is 0.536. The van der Waals surface area contributed by atoms with Crippen LogP contribution in [0.1, 0.15) is 73.1 Å². The van der Waals surface area contributed by atoms with Crippen LogP contribution in [0.4, 0.5) is 0 Å². The molecule has 34 heavy (non-hydrogen) atoms. The Bertz CT molecular complexity index is 988. The van der Waals surface area contributed by atoms with Crippen LogP contribution in [0.15, 0.2) is 36.8 Å². The molecule has 1 aromatic carbocycles. The molecule has 1 aromatic heterocycles. The van der Waals surface area contributed by atoms with Crippen LogP contribution < -0.4 is 5.32 Å². The zero-order valence-corrected chi connectivity index (χ0v) is 20.6. The Labute approximate surface area is 203 Å². The zero-order chi connectivity index (χ0) is 23.9. The molecule has 0 saturated heterocycles. The maximum Gasteiger partial charge on any atom is 0.244 e. The van der Waals surface area contributed by atoms with Crippen LogP contribution >= 0.6 is 0 Å². The van der Waals surface area contributed by atoms with Crippen molar-refractivity contribution in [1.82, 2.24) is 20.2 Å². The Kier molecular flexibility index (Phi) is 8.33. The minimum Gasteiger partial charge on any atom is -0.350 e. The average molecular weight is 463 g/mol. The van der Waals surface area contributed by atoms with Gasteiger partial charge in [0.05, 0.1) is 18.2 Å². The topological polar surface area (TPSA) is 78.1 Å². The summed E-state index contributed by atoms with van der Waals surface area (Å²) in [6.45, 7) is 7.24. The number of hydrogen-bond donors (Lipinski definition) is 2. The third-order valence-electron chi connectivity index (χ3n) is 7.39. The molecule has 1 amide bonds. The highest BCUT2D eigenvalue weighted by atomic mass is 16.1. The van der Waals surface area contributed by atoms with Gasteiger partial charge >= 0.3 is 0 Å². The summed E-state index contributed by atoms with van der Waals surface area (Å²) in [5.41, 5.74) is 4.45. The number of Topliss-reactive ketones (excluding diaryl/α,β-unsaturated/α-hetero) is 1. The Morgan fingerprint density at radius 2 is 1.91 bits per heavy atom. The first-order valence-corrected chi connectivity index (χ1v) is 12.8. The van der Waals surface area contributed by atoms with Crippen LogP contribution in [0.5, 0.6) is 0 Å². The third kappa shape index (κ3) is 6.66. The Hall–Kier alpha value is -2.73. The number of aromatic nitrogens is 2. The van der Waals surface area contributed by atoms with Gasteiger partial charge in [0.2, 0.25) is 5.91 Å². The molecular formula is C28H38N4O2. The lowest BCUT2D eigenvalue weighted by atomic mass is 9.84. The van der Waals surface area contributed by atoms with Crippen LogP contribution in [-0.4, -0.2) is 52.2 Å².